The Kier molecular flexibility index (Phi) is 6.22. The Morgan fingerprint density at radius 1 is 1.03 bits per heavy atom. The first-order valence-corrected chi connectivity index (χ1v) is 9.67. The molecule has 0 aliphatic carbocycles. The molecule has 150 valence electrons. The van der Waals surface area contributed by atoms with E-state index >= 15 is 0 Å². The van der Waals surface area contributed by atoms with Crippen LogP contribution in [0.1, 0.15) is 42.3 Å². The van der Waals surface area contributed by atoms with Crippen molar-refractivity contribution >= 4 is 17.5 Å². The van der Waals surface area contributed by atoms with Crippen LogP contribution in [0.4, 0.5) is 11.6 Å². The number of carbonyl (C=O) groups is 1. The molecule has 0 saturated heterocycles. The number of hydrogen-bond donors (Lipinski definition) is 1. The first-order valence-electron chi connectivity index (χ1n) is 9.67. The van der Waals surface area contributed by atoms with Crippen LogP contribution in [0.2, 0.25) is 0 Å². The smallest absolute Gasteiger partial charge is 0.256 e. The highest BCUT2D eigenvalue weighted by atomic mass is 16.2. The summed E-state index contributed by atoms with van der Waals surface area (Å²) in [5.74, 6) is 0.374. The Balaban J connectivity index is 1.65. The second-order valence-electron chi connectivity index (χ2n) is 8.05. The summed E-state index contributed by atoms with van der Waals surface area (Å²) in [7, 11) is 1.79. The van der Waals surface area contributed by atoms with Gasteiger partial charge in [0.15, 0.2) is 0 Å². The zero-order valence-corrected chi connectivity index (χ0v) is 17.4. The number of aromatic nitrogens is 3. The van der Waals surface area contributed by atoms with Crippen LogP contribution in [0.25, 0.3) is 0 Å². The molecule has 0 bridgehead atoms. The zero-order chi connectivity index (χ0) is 20.9. The monoisotopic (exact) mass is 389 g/mol. The lowest BCUT2D eigenvalue weighted by molar-refractivity contribution is 0.0796. The Labute approximate surface area is 172 Å². The van der Waals surface area contributed by atoms with E-state index in [1.807, 2.05) is 30.3 Å². The Morgan fingerprint density at radius 2 is 1.69 bits per heavy atom. The van der Waals surface area contributed by atoms with Gasteiger partial charge in [-0.2, -0.15) is 0 Å². The third-order valence-corrected chi connectivity index (χ3v) is 4.71. The van der Waals surface area contributed by atoms with E-state index < -0.39 is 0 Å². The standard InChI is InChI=1S/C23H27N5O/c1-23(2,3)19-7-5-6-8-20(19)27-22-25-15-18(16-26-22)21(29)28(4)14-11-17-9-12-24-13-10-17/h5-10,12-13,15-16H,11,14H2,1-4H3,(H,25,26,27). The molecule has 2 aromatic heterocycles. The average molecular weight is 390 g/mol. The van der Waals surface area contributed by atoms with Gasteiger partial charge in [-0.15, -0.1) is 0 Å². The van der Waals surface area contributed by atoms with Crippen molar-refractivity contribution in [2.45, 2.75) is 32.6 Å². The molecule has 0 aliphatic heterocycles. The molecular formula is C23H27N5O. The molecule has 0 spiro atoms. The van der Waals surface area contributed by atoms with Crippen LogP contribution >= 0.6 is 0 Å². The van der Waals surface area contributed by atoms with Gasteiger partial charge in [0.2, 0.25) is 5.95 Å². The number of rotatable bonds is 6. The fourth-order valence-corrected chi connectivity index (χ4v) is 3.04. The average Bonchev–Trinajstić information content (AvgIpc) is 2.72. The maximum atomic E-state index is 12.6. The van der Waals surface area contributed by atoms with E-state index in [1.165, 1.54) is 5.56 Å². The lowest BCUT2D eigenvalue weighted by Gasteiger charge is -2.23. The molecular weight excluding hydrogens is 362 g/mol. The van der Waals surface area contributed by atoms with E-state index in [4.69, 9.17) is 0 Å². The van der Waals surface area contributed by atoms with E-state index in [9.17, 15) is 4.79 Å². The van der Waals surface area contributed by atoms with E-state index in [1.54, 1.807) is 36.7 Å². The number of para-hydroxylation sites is 1. The fourth-order valence-electron chi connectivity index (χ4n) is 3.04. The molecule has 1 aromatic carbocycles. The van der Waals surface area contributed by atoms with Gasteiger partial charge in [0.1, 0.15) is 0 Å². The minimum Gasteiger partial charge on any atom is -0.341 e. The van der Waals surface area contributed by atoms with Gasteiger partial charge in [-0.3, -0.25) is 9.78 Å². The molecule has 0 atom stereocenters. The van der Waals surface area contributed by atoms with Gasteiger partial charge in [-0.05, 0) is 41.2 Å². The molecule has 1 N–H and O–H groups in total. The molecule has 3 aromatic rings. The summed E-state index contributed by atoms with van der Waals surface area (Å²) < 4.78 is 0. The van der Waals surface area contributed by atoms with E-state index in [-0.39, 0.29) is 11.3 Å². The van der Waals surface area contributed by atoms with Crippen molar-refractivity contribution in [1.82, 2.24) is 19.9 Å². The lowest BCUT2D eigenvalue weighted by atomic mass is 9.86. The first kappa shape index (κ1) is 20.5. The number of pyridine rings is 1. The van der Waals surface area contributed by atoms with Crippen molar-refractivity contribution in [1.29, 1.82) is 0 Å². The van der Waals surface area contributed by atoms with Crippen molar-refractivity contribution in [3.63, 3.8) is 0 Å². The quantitative estimate of drug-likeness (QED) is 0.683. The van der Waals surface area contributed by atoms with Crippen LogP contribution in [0.3, 0.4) is 0 Å². The van der Waals surface area contributed by atoms with Gasteiger partial charge in [-0.1, -0.05) is 39.0 Å². The lowest BCUT2D eigenvalue weighted by Crippen LogP contribution is -2.29. The van der Waals surface area contributed by atoms with Gasteiger partial charge >= 0.3 is 0 Å². The molecule has 0 saturated carbocycles. The van der Waals surface area contributed by atoms with Gasteiger partial charge in [-0.25, -0.2) is 9.97 Å². The SMILES string of the molecule is CN(CCc1ccncc1)C(=O)c1cnc(Nc2ccccc2C(C)(C)C)nc1. The van der Waals surface area contributed by atoms with Crippen molar-refractivity contribution < 1.29 is 4.79 Å². The van der Waals surface area contributed by atoms with E-state index in [0.717, 1.165) is 17.7 Å². The Hall–Kier alpha value is -3.28. The maximum Gasteiger partial charge on any atom is 0.256 e. The number of likely N-dealkylation sites (N-methyl/N-ethyl adjacent to an activating group) is 1. The Morgan fingerprint density at radius 3 is 2.34 bits per heavy atom. The van der Waals surface area contributed by atoms with Crippen molar-refractivity contribution in [2.75, 3.05) is 18.9 Å². The number of anilines is 2. The second kappa shape index (κ2) is 8.82. The molecule has 0 radical (unpaired) electrons. The van der Waals surface area contributed by atoms with Crippen molar-refractivity contribution in [3.05, 3.63) is 77.9 Å². The van der Waals surface area contributed by atoms with Crippen molar-refractivity contribution in [2.24, 2.45) is 0 Å². The number of hydrogen-bond acceptors (Lipinski definition) is 5. The van der Waals surface area contributed by atoms with Crippen LogP contribution in [0.5, 0.6) is 0 Å². The van der Waals surface area contributed by atoms with E-state index in [0.29, 0.717) is 18.1 Å². The Bertz CT molecular complexity index is 949. The summed E-state index contributed by atoms with van der Waals surface area (Å²) in [6.07, 6.45) is 7.43. The number of carbonyl (C=O) groups excluding carboxylic acids is 1. The first-order chi connectivity index (χ1) is 13.8. The highest BCUT2D eigenvalue weighted by Gasteiger charge is 2.18. The number of amides is 1. The van der Waals surface area contributed by atoms with Crippen molar-refractivity contribution in [3.8, 4) is 0 Å². The number of nitrogens with one attached hydrogen (secondary N) is 1. The number of nitrogens with zero attached hydrogens (tertiary/aromatic N) is 4. The van der Waals surface area contributed by atoms with Crippen LogP contribution in [0.15, 0.2) is 61.2 Å². The minimum atomic E-state index is -0.0966. The summed E-state index contributed by atoms with van der Waals surface area (Å²) in [6.45, 7) is 7.11. The normalized spacial score (nSPS) is 11.2. The molecule has 2 heterocycles. The summed E-state index contributed by atoms with van der Waals surface area (Å²) in [5, 5.41) is 3.27. The zero-order valence-electron chi connectivity index (χ0n) is 17.4. The summed E-state index contributed by atoms with van der Waals surface area (Å²) in [5.41, 5.74) is 3.76. The number of benzene rings is 1. The third-order valence-electron chi connectivity index (χ3n) is 4.71. The van der Waals surface area contributed by atoms with Crippen LogP contribution in [-0.2, 0) is 11.8 Å². The minimum absolute atomic E-state index is 0.00295. The van der Waals surface area contributed by atoms with Gasteiger partial charge in [0.25, 0.3) is 5.91 Å². The predicted octanol–water partition coefficient (Wildman–Crippen LogP) is 4.23. The molecule has 6 nitrogen and oxygen atoms in total. The molecule has 3 rings (SSSR count). The molecule has 0 aliphatic rings. The second-order valence-corrected chi connectivity index (χ2v) is 8.05. The summed E-state index contributed by atoms with van der Waals surface area (Å²) in [6, 6.07) is 12.0. The third kappa shape index (κ3) is 5.38. The van der Waals surface area contributed by atoms with Gasteiger partial charge < -0.3 is 10.2 Å². The van der Waals surface area contributed by atoms with Crippen LogP contribution < -0.4 is 5.32 Å². The molecule has 6 heteroatoms. The molecule has 0 fully saturated rings. The maximum absolute atomic E-state index is 12.6. The largest absolute Gasteiger partial charge is 0.341 e. The molecule has 29 heavy (non-hydrogen) atoms. The predicted molar refractivity (Wildman–Crippen MR) is 115 cm³/mol. The fraction of sp³-hybridized carbons (Fsp3) is 0.304. The highest BCUT2D eigenvalue weighted by Crippen LogP contribution is 2.30. The van der Waals surface area contributed by atoms with Crippen LogP contribution in [0, 0.1) is 0 Å². The van der Waals surface area contributed by atoms with Gasteiger partial charge in [0, 0.05) is 44.1 Å². The molecule has 0 unspecified atom stereocenters. The molecule has 1 amide bonds. The summed E-state index contributed by atoms with van der Waals surface area (Å²) in [4.78, 5) is 27.0. The topological polar surface area (TPSA) is 71.0 Å². The van der Waals surface area contributed by atoms with E-state index in [2.05, 4.69) is 47.1 Å². The van der Waals surface area contributed by atoms with Gasteiger partial charge in [0.05, 0.1) is 5.56 Å². The van der Waals surface area contributed by atoms with Crippen LogP contribution in [-0.4, -0.2) is 39.4 Å². The summed E-state index contributed by atoms with van der Waals surface area (Å²) >= 11 is 0. The highest BCUT2D eigenvalue weighted by molar-refractivity contribution is 5.93.